The van der Waals surface area contributed by atoms with Crippen molar-refractivity contribution in [2.75, 3.05) is 6.61 Å². The maximum absolute atomic E-state index is 9.42. The van der Waals surface area contributed by atoms with Crippen LogP contribution in [0.25, 0.3) is 10.8 Å². The maximum atomic E-state index is 9.42. The van der Waals surface area contributed by atoms with E-state index in [-0.39, 0.29) is 5.75 Å². The molecule has 0 radical (unpaired) electrons. The first-order chi connectivity index (χ1) is 8.29. The topological polar surface area (TPSA) is 29.5 Å². The van der Waals surface area contributed by atoms with E-state index in [1.54, 1.807) is 12.1 Å². The molecule has 2 aromatic rings. The Hall–Kier alpha value is -1.96. The molecule has 0 saturated heterocycles. The van der Waals surface area contributed by atoms with Crippen molar-refractivity contribution < 1.29 is 9.84 Å². The summed E-state index contributed by atoms with van der Waals surface area (Å²) in [6.45, 7) is 4.36. The van der Waals surface area contributed by atoms with Crippen LogP contribution in [0.5, 0.6) is 11.5 Å². The van der Waals surface area contributed by atoms with Crippen molar-refractivity contribution in [1.29, 1.82) is 0 Å². The SMILES string of the molecule is C=CCCCOc1ccc2ccc(O)cc2c1. The minimum Gasteiger partial charge on any atom is -0.508 e. The Morgan fingerprint density at radius 3 is 2.76 bits per heavy atom. The second-order valence-electron chi connectivity index (χ2n) is 3.97. The van der Waals surface area contributed by atoms with E-state index < -0.39 is 0 Å². The van der Waals surface area contributed by atoms with E-state index >= 15 is 0 Å². The highest BCUT2D eigenvalue weighted by atomic mass is 16.5. The number of allylic oxidation sites excluding steroid dienone is 1. The molecule has 88 valence electrons. The molecule has 2 rings (SSSR count). The van der Waals surface area contributed by atoms with Gasteiger partial charge in [-0.15, -0.1) is 6.58 Å². The summed E-state index contributed by atoms with van der Waals surface area (Å²) in [6, 6.07) is 11.2. The van der Waals surface area contributed by atoms with E-state index in [4.69, 9.17) is 4.74 Å². The smallest absolute Gasteiger partial charge is 0.119 e. The second kappa shape index (κ2) is 5.39. The largest absolute Gasteiger partial charge is 0.508 e. The normalized spacial score (nSPS) is 10.4. The van der Waals surface area contributed by atoms with Gasteiger partial charge in [0.1, 0.15) is 11.5 Å². The van der Waals surface area contributed by atoms with Gasteiger partial charge in [-0.3, -0.25) is 0 Å². The molecule has 2 aromatic carbocycles. The summed E-state index contributed by atoms with van der Waals surface area (Å²) in [7, 11) is 0. The fourth-order valence-corrected chi connectivity index (χ4v) is 1.72. The number of hydrogen-bond acceptors (Lipinski definition) is 2. The standard InChI is InChI=1S/C15H16O2/c1-2-3-4-9-17-15-8-6-12-5-7-14(16)10-13(12)11-15/h2,5-8,10-11,16H,1,3-4,9H2. The molecule has 2 nitrogen and oxygen atoms in total. The summed E-state index contributed by atoms with van der Waals surface area (Å²) in [5.74, 6) is 1.12. The summed E-state index contributed by atoms with van der Waals surface area (Å²) in [5, 5.41) is 11.5. The fourth-order valence-electron chi connectivity index (χ4n) is 1.72. The third-order valence-electron chi connectivity index (χ3n) is 2.62. The third kappa shape index (κ3) is 3.00. The van der Waals surface area contributed by atoms with Crippen LogP contribution in [0, 0.1) is 0 Å². The first kappa shape index (κ1) is 11.5. The van der Waals surface area contributed by atoms with Gasteiger partial charge in [0.15, 0.2) is 0 Å². The minimum absolute atomic E-state index is 0.279. The molecule has 0 aromatic heterocycles. The fraction of sp³-hybridized carbons (Fsp3) is 0.200. The molecular weight excluding hydrogens is 212 g/mol. The summed E-state index contributed by atoms with van der Waals surface area (Å²) in [6.07, 6.45) is 3.83. The van der Waals surface area contributed by atoms with Gasteiger partial charge in [-0.25, -0.2) is 0 Å². The molecule has 0 saturated carbocycles. The zero-order valence-corrected chi connectivity index (χ0v) is 9.73. The number of benzene rings is 2. The van der Waals surface area contributed by atoms with Crippen LogP contribution < -0.4 is 4.74 Å². The average molecular weight is 228 g/mol. The van der Waals surface area contributed by atoms with Crippen LogP contribution in [-0.2, 0) is 0 Å². The van der Waals surface area contributed by atoms with E-state index in [0.29, 0.717) is 6.61 Å². The van der Waals surface area contributed by atoms with Crippen LogP contribution in [0.1, 0.15) is 12.8 Å². The lowest BCUT2D eigenvalue weighted by atomic mass is 10.1. The Kier molecular flexibility index (Phi) is 3.66. The highest BCUT2D eigenvalue weighted by Gasteiger charge is 1.98. The Bertz CT molecular complexity index is 517. The summed E-state index contributed by atoms with van der Waals surface area (Å²) < 4.78 is 5.63. The first-order valence-corrected chi connectivity index (χ1v) is 5.76. The summed E-state index contributed by atoms with van der Waals surface area (Å²) in [5.41, 5.74) is 0. The monoisotopic (exact) mass is 228 g/mol. The minimum atomic E-state index is 0.279. The summed E-state index contributed by atoms with van der Waals surface area (Å²) >= 11 is 0. The molecule has 0 aliphatic heterocycles. The van der Waals surface area contributed by atoms with Crippen LogP contribution in [0.2, 0.25) is 0 Å². The van der Waals surface area contributed by atoms with Gasteiger partial charge < -0.3 is 9.84 Å². The molecule has 0 atom stereocenters. The second-order valence-corrected chi connectivity index (χ2v) is 3.97. The summed E-state index contributed by atoms with van der Waals surface area (Å²) in [4.78, 5) is 0. The van der Waals surface area contributed by atoms with Crippen LogP contribution in [0.4, 0.5) is 0 Å². The van der Waals surface area contributed by atoms with Gasteiger partial charge in [0.25, 0.3) is 0 Å². The molecule has 0 aliphatic carbocycles. The number of phenolic OH excluding ortho intramolecular Hbond substituents is 1. The lowest BCUT2D eigenvalue weighted by Gasteiger charge is -2.06. The molecule has 17 heavy (non-hydrogen) atoms. The van der Waals surface area contributed by atoms with E-state index in [9.17, 15) is 5.11 Å². The van der Waals surface area contributed by atoms with Gasteiger partial charge in [0.2, 0.25) is 0 Å². The van der Waals surface area contributed by atoms with Gasteiger partial charge in [0.05, 0.1) is 6.61 Å². The predicted molar refractivity (Wildman–Crippen MR) is 70.5 cm³/mol. The van der Waals surface area contributed by atoms with Gasteiger partial charge in [-0.2, -0.15) is 0 Å². The zero-order valence-electron chi connectivity index (χ0n) is 9.73. The van der Waals surface area contributed by atoms with Crippen LogP contribution in [-0.4, -0.2) is 11.7 Å². The highest BCUT2D eigenvalue weighted by molar-refractivity contribution is 5.85. The molecule has 0 bridgehead atoms. The van der Waals surface area contributed by atoms with Crippen LogP contribution in [0.3, 0.4) is 0 Å². The molecule has 0 amide bonds. The quantitative estimate of drug-likeness (QED) is 0.621. The Morgan fingerprint density at radius 2 is 1.94 bits per heavy atom. The highest BCUT2D eigenvalue weighted by Crippen LogP contribution is 2.24. The molecule has 0 spiro atoms. The maximum Gasteiger partial charge on any atom is 0.119 e. The van der Waals surface area contributed by atoms with Crippen molar-refractivity contribution in [2.45, 2.75) is 12.8 Å². The van der Waals surface area contributed by atoms with Gasteiger partial charge in [0, 0.05) is 0 Å². The number of rotatable bonds is 5. The van der Waals surface area contributed by atoms with Crippen molar-refractivity contribution in [2.24, 2.45) is 0 Å². The number of phenols is 1. The average Bonchev–Trinajstić information content (AvgIpc) is 2.34. The molecule has 0 unspecified atom stereocenters. The number of hydrogen-bond donors (Lipinski definition) is 1. The lowest BCUT2D eigenvalue weighted by molar-refractivity contribution is 0.312. The molecule has 0 heterocycles. The molecule has 0 aliphatic rings. The van der Waals surface area contributed by atoms with E-state index in [0.717, 1.165) is 29.4 Å². The molecular formula is C15H16O2. The zero-order chi connectivity index (χ0) is 12.1. The lowest BCUT2D eigenvalue weighted by Crippen LogP contribution is -1.96. The molecule has 0 fully saturated rings. The Morgan fingerprint density at radius 1 is 1.12 bits per heavy atom. The molecule has 2 heteroatoms. The Balaban J connectivity index is 2.10. The van der Waals surface area contributed by atoms with Gasteiger partial charge in [-0.05, 0) is 47.9 Å². The number of aromatic hydroxyl groups is 1. The van der Waals surface area contributed by atoms with Crippen molar-refractivity contribution >= 4 is 10.8 Å². The van der Waals surface area contributed by atoms with Crippen LogP contribution in [0.15, 0.2) is 49.1 Å². The predicted octanol–water partition coefficient (Wildman–Crippen LogP) is 3.89. The van der Waals surface area contributed by atoms with Crippen molar-refractivity contribution in [3.05, 3.63) is 49.1 Å². The third-order valence-corrected chi connectivity index (χ3v) is 2.62. The number of ether oxygens (including phenoxy) is 1. The number of fused-ring (bicyclic) bond motifs is 1. The van der Waals surface area contributed by atoms with E-state index in [1.165, 1.54) is 0 Å². The van der Waals surface area contributed by atoms with Crippen LogP contribution >= 0.6 is 0 Å². The van der Waals surface area contributed by atoms with E-state index in [1.807, 2.05) is 30.3 Å². The number of unbranched alkanes of at least 4 members (excludes halogenated alkanes) is 1. The van der Waals surface area contributed by atoms with Crippen molar-refractivity contribution in [3.63, 3.8) is 0 Å². The Labute approximate surface area is 101 Å². The van der Waals surface area contributed by atoms with Gasteiger partial charge >= 0.3 is 0 Å². The van der Waals surface area contributed by atoms with Crippen molar-refractivity contribution in [3.8, 4) is 11.5 Å². The van der Waals surface area contributed by atoms with E-state index in [2.05, 4.69) is 6.58 Å². The first-order valence-electron chi connectivity index (χ1n) is 5.76. The molecule has 1 N–H and O–H groups in total. The van der Waals surface area contributed by atoms with Gasteiger partial charge in [-0.1, -0.05) is 18.2 Å². The van der Waals surface area contributed by atoms with Crippen molar-refractivity contribution in [1.82, 2.24) is 0 Å².